The zero-order valence-corrected chi connectivity index (χ0v) is 14.3. The molecule has 0 aliphatic carbocycles. The molecule has 0 amide bonds. The predicted molar refractivity (Wildman–Crippen MR) is 97.7 cm³/mol. The second kappa shape index (κ2) is 7.90. The zero-order chi connectivity index (χ0) is 16.8. The molecule has 0 atom stereocenters. The summed E-state index contributed by atoms with van der Waals surface area (Å²) >= 11 is 7.36. The molecule has 1 heterocycles. The number of allylic oxidation sites excluding steroid dienone is 1. The Hall–Kier alpha value is -2.43. The molecule has 120 valence electrons. The third kappa shape index (κ3) is 4.54. The summed E-state index contributed by atoms with van der Waals surface area (Å²) in [5, 5.41) is 2.57. The highest BCUT2D eigenvalue weighted by molar-refractivity contribution is 7.07. The molecule has 0 saturated carbocycles. The van der Waals surface area contributed by atoms with E-state index < -0.39 is 0 Å². The van der Waals surface area contributed by atoms with Crippen molar-refractivity contribution in [1.29, 1.82) is 0 Å². The van der Waals surface area contributed by atoms with Gasteiger partial charge in [-0.25, -0.2) is 4.98 Å². The maximum absolute atomic E-state index is 12.1. The van der Waals surface area contributed by atoms with Crippen molar-refractivity contribution in [2.45, 2.75) is 6.61 Å². The Balaban J connectivity index is 1.59. The van der Waals surface area contributed by atoms with Crippen LogP contribution < -0.4 is 4.74 Å². The highest BCUT2D eigenvalue weighted by Crippen LogP contribution is 2.16. The smallest absolute Gasteiger partial charge is 0.185 e. The fraction of sp³-hybridized carbons (Fsp3) is 0.0526. The van der Waals surface area contributed by atoms with Crippen molar-refractivity contribution in [3.05, 3.63) is 87.3 Å². The molecule has 3 nitrogen and oxygen atoms in total. The Bertz CT molecular complexity index is 825. The number of thiazole rings is 1. The summed E-state index contributed by atoms with van der Waals surface area (Å²) in [6.07, 6.45) is 3.33. The van der Waals surface area contributed by atoms with Gasteiger partial charge < -0.3 is 4.74 Å². The van der Waals surface area contributed by atoms with Crippen LogP contribution in [0.4, 0.5) is 0 Å². The van der Waals surface area contributed by atoms with E-state index in [1.807, 2.05) is 29.6 Å². The van der Waals surface area contributed by atoms with E-state index in [9.17, 15) is 4.79 Å². The van der Waals surface area contributed by atoms with Crippen molar-refractivity contribution in [2.24, 2.45) is 0 Å². The Morgan fingerprint density at radius 3 is 2.54 bits per heavy atom. The summed E-state index contributed by atoms with van der Waals surface area (Å²) in [7, 11) is 0. The summed E-state index contributed by atoms with van der Waals surface area (Å²) < 4.78 is 5.65. The van der Waals surface area contributed by atoms with Crippen LogP contribution in [0.2, 0.25) is 5.02 Å². The Labute approximate surface area is 149 Å². The average Bonchev–Trinajstić information content (AvgIpc) is 3.13. The lowest BCUT2D eigenvalue weighted by Crippen LogP contribution is -1.95. The minimum absolute atomic E-state index is 0.0597. The van der Waals surface area contributed by atoms with Crippen LogP contribution in [0.1, 0.15) is 21.6 Å². The van der Waals surface area contributed by atoms with Crippen molar-refractivity contribution < 1.29 is 9.53 Å². The van der Waals surface area contributed by atoms with Crippen LogP contribution >= 0.6 is 22.9 Å². The van der Waals surface area contributed by atoms with Crippen molar-refractivity contribution in [2.75, 3.05) is 0 Å². The Morgan fingerprint density at radius 2 is 1.88 bits per heavy atom. The van der Waals surface area contributed by atoms with Crippen LogP contribution in [-0.4, -0.2) is 10.8 Å². The molecule has 0 aliphatic heterocycles. The molecule has 2 aromatic carbocycles. The summed E-state index contributed by atoms with van der Waals surface area (Å²) in [6.45, 7) is 0.452. The lowest BCUT2D eigenvalue weighted by Gasteiger charge is -2.04. The molecule has 0 radical (unpaired) electrons. The third-order valence-electron chi connectivity index (χ3n) is 3.31. The van der Waals surface area contributed by atoms with Crippen molar-refractivity contribution in [3.63, 3.8) is 0 Å². The van der Waals surface area contributed by atoms with Crippen molar-refractivity contribution >= 4 is 34.8 Å². The number of rotatable bonds is 6. The molecule has 0 aliphatic rings. The SMILES string of the molecule is O=C(/C=C/c1ccc(OCc2cscn2)cc1)c1ccc(Cl)cc1. The van der Waals surface area contributed by atoms with E-state index in [0.29, 0.717) is 17.2 Å². The van der Waals surface area contributed by atoms with Crippen LogP contribution in [0.5, 0.6) is 5.75 Å². The molecule has 0 saturated heterocycles. The molecule has 0 unspecified atom stereocenters. The monoisotopic (exact) mass is 355 g/mol. The fourth-order valence-electron chi connectivity index (χ4n) is 2.02. The molecule has 24 heavy (non-hydrogen) atoms. The number of ketones is 1. The van der Waals surface area contributed by atoms with E-state index in [4.69, 9.17) is 16.3 Å². The van der Waals surface area contributed by atoms with Gasteiger partial charge in [0.2, 0.25) is 0 Å². The van der Waals surface area contributed by atoms with Gasteiger partial charge in [0.25, 0.3) is 0 Å². The van der Waals surface area contributed by atoms with Crippen molar-refractivity contribution in [3.8, 4) is 5.75 Å². The molecular formula is C19H14ClNO2S. The number of carbonyl (C=O) groups excluding carboxylic acids is 1. The molecular weight excluding hydrogens is 342 g/mol. The van der Waals surface area contributed by atoms with Crippen LogP contribution in [0, 0.1) is 0 Å². The summed E-state index contributed by atoms with van der Waals surface area (Å²) in [5.41, 5.74) is 4.24. The molecule has 5 heteroatoms. The van der Waals surface area contributed by atoms with Gasteiger partial charge in [-0.15, -0.1) is 11.3 Å². The van der Waals surface area contributed by atoms with Gasteiger partial charge in [0.1, 0.15) is 12.4 Å². The maximum atomic E-state index is 12.1. The summed E-state index contributed by atoms with van der Waals surface area (Å²) in [5.74, 6) is 0.708. The number of hydrogen-bond donors (Lipinski definition) is 0. The molecule has 3 rings (SSSR count). The van der Waals surface area contributed by atoms with E-state index in [0.717, 1.165) is 17.0 Å². The minimum atomic E-state index is -0.0597. The first-order chi connectivity index (χ1) is 11.7. The largest absolute Gasteiger partial charge is 0.487 e. The Kier molecular flexibility index (Phi) is 5.41. The number of hydrogen-bond acceptors (Lipinski definition) is 4. The number of aromatic nitrogens is 1. The van der Waals surface area contributed by atoms with Gasteiger partial charge in [-0.2, -0.15) is 0 Å². The lowest BCUT2D eigenvalue weighted by molar-refractivity contribution is 0.104. The maximum Gasteiger partial charge on any atom is 0.185 e. The predicted octanol–water partition coefficient (Wildman–Crippen LogP) is 5.27. The zero-order valence-electron chi connectivity index (χ0n) is 12.7. The van der Waals surface area contributed by atoms with Crippen LogP contribution in [0.3, 0.4) is 0 Å². The minimum Gasteiger partial charge on any atom is -0.487 e. The Morgan fingerprint density at radius 1 is 1.12 bits per heavy atom. The van der Waals surface area contributed by atoms with Gasteiger partial charge in [0.05, 0.1) is 11.2 Å². The van der Waals surface area contributed by atoms with Crippen LogP contribution in [0.15, 0.2) is 65.5 Å². The molecule has 0 N–H and O–H groups in total. The van der Waals surface area contributed by atoms with Crippen molar-refractivity contribution in [1.82, 2.24) is 4.98 Å². The van der Waals surface area contributed by atoms with E-state index in [1.54, 1.807) is 53.3 Å². The van der Waals surface area contributed by atoms with Crippen LogP contribution in [-0.2, 0) is 6.61 Å². The number of carbonyl (C=O) groups is 1. The van der Waals surface area contributed by atoms with Gasteiger partial charge >= 0.3 is 0 Å². The first-order valence-corrected chi connectivity index (χ1v) is 8.61. The number of nitrogens with zero attached hydrogens (tertiary/aromatic N) is 1. The van der Waals surface area contributed by atoms with Crippen LogP contribution in [0.25, 0.3) is 6.08 Å². The first kappa shape index (κ1) is 16.4. The quantitative estimate of drug-likeness (QED) is 0.446. The lowest BCUT2D eigenvalue weighted by atomic mass is 10.1. The second-order valence-electron chi connectivity index (χ2n) is 5.04. The first-order valence-electron chi connectivity index (χ1n) is 7.28. The highest BCUT2D eigenvalue weighted by Gasteiger charge is 2.01. The average molecular weight is 356 g/mol. The van der Waals surface area contributed by atoms with Gasteiger partial charge in [-0.05, 0) is 48.0 Å². The van der Waals surface area contributed by atoms with E-state index in [1.165, 1.54) is 0 Å². The van der Waals surface area contributed by atoms with Gasteiger partial charge in [0.15, 0.2) is 5.78 Å². The topological polar surface area (TPSA) is 39.2 Å². The van der Waals surface area contributed by atoms with Gasteiger partial charge in [0, 0.05) is 16.0 Å². The molecule has 3 aromatic rings. The summed E-state index contributed by atoms with van der Waals surface area (Å²) in [6, 6.07) is 14.4. The summed E-state index contributed by atoms with van der Waals surface area (Å²) in [4.78, 5) is 16.2. The van der Waals surface area contributed by atoms with E-state index in [-0.39, 0.29) is 5.78 Å². The fourth-order valence-corrected chi connectivity index (χ4v) is 2.69. The molecule has 0 spiro atoms. The second-order valence-corrected chi connectivity index (χ2v) is 6.20. The van der Waals surface area contributed by atoms with Gasteiger partial charge in [-0.1, -0.05) is 29.8 Å². The standard InChI is InChI=1S/C19H14ClNO2S/c20-16-6-4-15(5-7-16)19(22)10-3-14-1-8-18(9-2-14)23-11-17-12-24-13-21-17/h1-10,12-13H,11H2/b10-3+. The normalized spacial score (nSPS) is 10.9. The number of halogens is 1. The van der Waals surface area contributed by atoms with E-state index in [2.05, 4.69) is 4.98 Å². The molecule has 1 aromatic heterocycles. The molecule has 0 bridgehead atoms. The van der Waals surface area contributed by atoms with E-state index >= 15 is 0 Å². The third-order valence-corrected chi connectivity index (χ3v) is 4.19. The molecule has 0 fully saturated rings. The number of ether oxygens (including phenoxy) is 1. The van der Waals surface area contributed by atoms with Gasteiger partial charge in [-0.3, -0.25) is 4.79 Å². The number of benzene rings is 2. The highest BCUT2D eigenvalue weighted by atomic mass is 35.5.